The van der Waals surface area contributed by atoms with Crippen molar-refractivity contribution in [1.82, 2.24) is 29.9 Å². The second-order valence-corrected chi connectivity index (χ2v) is 9.11. The van der Waals surface area contributed by atoms with Crippen molar-refractivity contribution >= 4 is 34.2 Å². The van der Waals surface area contributed by atoms with E-state index in [4.69, 9.17) is 20.9 Å². The topological polar surface area (TPSA) is 129 Å². The number of fused-ring (bicyclic) bond motifs is 1. The van der Waals surface area contributed by atoms with Gasteiger partial charge in [-0.15, -0.1) is 0 Å². The van der Waals surface area contributed by atoms with E-state index in [1.807, 2.05) is 18.2 Å². The highest BCUT2D eigenvalue weighted by Gasteiger charge is 2.23. The van der Waals surface area contributed by atoms with Crippen LogP contribution in [-0.2, 0) is 17.7 Å². The lowest BCUT2D eigenvalue weighted by atomic mass is 10.1. The molecule has 2 aromatic carbocycles. The molecule has 4 aromatic rings. The van der Waals surface area contributed by atoms with Gasteiger partial charge in [0.25, 0.3) is 11.4 Å². The van der Waals surface area contributed by atoms with Gasteiger partial charge in [0.2, 0.25) is 0 Å². The third kappa shape index (κ3) is 5.79. The maximum atomic E-state index is 13.1. The molecule has 0 atom stereocenters. The average Bonchev–Trinajstić information content (AvgIpc) is 3.38. The fourth-order valence-electron chi connectivity index (χ4n) is 4.19. The molecule has 3 heterocycles. The number of H-pyrrole nitrogens is 1. The minimum atomic E-state index is -0.236. The van der Waals surface area contributed by atoms with E-state index in [-0.39, 0.29) is 17.5 Å². The van der Waals surface area contributed by atoms with Gasteiger partial charge in [0.1, 0.15) is 5.82 Å². The van der Waals surface area contributed by atoms with E-state index < -0.39 is 0 Å². The third-order valence-corrected chi connectivity index (χ3v) is 6.38. The number of piperazine rings is 1. The Kier molecular flexibility index (Phi) is 7.45. The molecule has 0 bridgehead atoms. The van der Waals surface area contributed by atoms with Gasteiger partial charge >= 0.3 is 6.03 Å². The number of benzene rings is 2. The summed E-state index contributed by atoms with van der Waals surface area (Å²) in [5, 5.41) is 7.97. The average molecular weight is 524 g/mol. The number of halogens is 1. The first-order chi connectivity index (χ1) is 18.0. The summed E-state index contributed by atoms with van der Waals surface area (Å²) in [6.07, 6.45) is 0.509. The highest BCUT2D eigenvalue weighted by atomic mass is 35.5. The number of amides is 2. The van der Waals surface area contributed by atoms with Gasteiger partial charge in [-0.1, -0.05) is 28.9 Å². The van der Waals surface area contributed by atoms with E-state index in [2.05, 4.69) is 30.3 Å². The predicted molar refractivity (Wildman–Crippen MR) is 139 cm³/mol. The van der Waals surface area contributed by atoms with Crippen LogP contribution >= 0.6 is 11.6 Å². The molecule has 0 spiro atoms. The number of aromatic nitrogens is 4. The maximum absolute atomic E-state index is 13.1. The number of anilines is 1. The van der Waals surface area contributed by atoms with E-state index in [0.29, 0.717) is 84.6 Å². The third-order valence-electron chi connectivity index (χ3n) is 6.15. The number of carbonyl (C=O) groups is 1. The minimum absolute atomic E-state index is 0.149. The molecule has 1 fully saturated rings. The van der Waals surface area contributed by atoms with Crippen molar-refractivity contribution in [3.63, 3.8) is 0 Å². The molecule has 1 aliphatic heterocycles. The van der Waals surface area contributed by atoms with Crippen LogP contribution in [0.15, 0.2) is 51.8 Å². The highest BCUT2D eigenvalue weighted by Crippen LogP contribution is 2.30. The van der Waals surface area contributed by atoms with Crippen LogP contribution in [0.5, 0.6) is 0 Å². The molecule has 2 aromatic heterocycles. The fourth-order valence-corrected chi connectivity index (χ4v) is 4.36. The van der Waals surface area contributed by atoms with Gasteiger partial charge in [0, 0.05) is 44.7 Å². The number of hydrogen-bond donors (Lipinski definition) is 2. The Morgan fingerprint density at radius 2 is 1.97 bits per heavy atom. The van der Waals surface area contributed by atoms with Crippen LogP contribution in [0, 0.1) is 0 Å². The van der Waals surface area contributed by atoms with Crippen LogP contribution < -0.4 is 10.9 Å². The monoisotopic (exact) mass is 523 g/mol. The zero-order valence-corrected chi connectivity index (χ0v) is 21.0. The molecular weight excluding hydrogens is 498 g/mol. The molecule has 192 valence electrons. The quantitative estimate of drug-likeness (QED) is 0.378. The van der Waals surface area contributed by atoms with E-state index >= 15 is 0 Å². The van der Waals surface area contributed by atoms with Crippen molar-refractivity contribution < 1.29 is 14.1 Å². The summed E-state index contributed by atoms with van der Waals surface area (Å²) in [5.74, 6) is 1.38. The Morgan fingerprint density at radius 1 is 1.16 bits per heavy atom. The van der Waals surface area contributed by atoms with Gasteiger partial charge in [-0.2, -0.15) is 4.98 Å². The first-order valence-electron chi connectivity index (χ1n) is 11.9. The first-order valence-corrected chi connectivity index (χ1v) is 12.3. The molecule has 2 N–H and O–H groups in total. The van der Waals surface area contributed by atoms with Crippen LogP contribution in [0.1, 0.15) is 11.6 Å². The Bertz CT molecular complexity index is 1460. The molecule has 0 aliphatic carbocycles. The molecular formula is C25H26ClN7O4. The Morgan fingerprint density at radius 3 is 2.78 bits per heavy atom. The van der Waals surface area contributed by atoms with Crippen molar-refractivity contribution in [2.24, 2.45) is 0 Å². The van der Waals surface area contributed by atoms with Gasteiger partial charge in [-0.3, -0.25) is 9.69 Å². The smallest absolute Gasteiger partial charge is 0.321 e. The Balaban J connectivity index is 1.22. The zero-order chi connectivity index (χ0) is 25.8. The lowest BCUT2D eigenvalue weighted by Gasteiger charge is -2.34. The van der Waals surface area contributed by atoms with Crippen LogP contribution in [0.4, 0.5) is 10.5 Å². The van der Waals surface area contributed by atoms with E-state index in [1.165, 1.54) is 0 Å². The molecule has 0 saturated carbocycles. The SMILES string of the molecule is COCCc1noc(-c2cc(Cl)ccc2NC(=O)N2CCN(Cc3nc4ccccc4c(=O)[nH]3)CC2)n1. The maximum Gasteiger partial charge on any atom is 0.321 e. The van der Waals surface area contributed by atoms with Gasteiger partial charge in [0.05, 0.1) is 35.3 Å². The van der Waals surface area contributed by atoms with Crippen LogP contribution in [-0.4, -0.2) is 75.8 Å². The largest absolute Gasteiger partial charge is 0.384 e. The van der Waals surface area contributed by atoms with E-state index in [1.54, 1.807) is 36.3 Å². The van der Waals surface area contributed by atoms with Crippen LogP contribution in [0.25, 0.3) is 22.4 Å². The summed E-state index contributed by atoms with van der Waals surface area (Å²) in [7, 11) is 1.60. The molecule has 1 saturated heterocycles. The Labute approximate surface area is 217 Å². The summed E-state index contributed by atoms with van der Waals surface area (Å²) >= 11 is 6.20. The minimum Gasteiger partial charge on any atom is -0.384 e. The molecule has 12 heteroatoms. The van der Waals surface area contributed by atoms with Crippen molar-refractivity contribution in [2.75, 3.05) is 45.2 Å². The number of aromatic amines is 1. The summed E-state index contributed by atoms with van der Waals surface area (Å²) < 4.78 is 10.5. The van der Waals surface area contributed by atoms with Crippen molar-refractivity contribution in [1.29, 1.82) is 0 Å². The van der Waals surface area contributed by atoms with Crippen molar-refractivity contribution in [2.45, 2.75) is 13.0 Å². The van der Waals surface area contributed by atoms with E-state index in [0.717, 1.165) is 0 Å². The summed E-state index contributed by atoms with van der Waals surface area (Å²) in [4.78, 5) is 41.1. The summed E-state index contributed by atoms with van der Waals surface area (Å²) in [5.41, 5.74) is 1.59. The normalized spacial score (nSPS) is 14.3. The number of nitrogens with one attached hydrogen (secondary N) is 2. The van der Waals surface area contributed by atoms with Gasteiger partial charge < -0.3 is 24.5 Å². The summed E-state index contributed by atoms with van der Waals surface area (Å²) in [6.45, 7) is 3.30. The number of para-hydroxylation sites is 1. The van der Waals surface area contributed by atoms with Crippen molar-refractivity contribution in [3.8, 4) is 11.5 Å². The molecule has 0 radical (unpaired) electrons. The Hall–Kier alpha value is -3.80. The molecule has 5 rings (SSSR count). The van der Waals surface area contributed by atoms with Crippen molar-refractivity contribution in [3.05, 3.63) is 69.5 Å². The number of urea groups is 1. The zero-order valence-electron chi connectivity index (χ0n) is 20.2. The molecule has 2 amide bonds. The van der Waals surface area contributed by atoms with Gasteiger partial charge in [-0.25, -0.2) is 9.78 Å². The fraction of sp³-hybridized carbons (Fsp3) is 0.320. The number of methoxy groups -OCH3 is 1. The molecule has 37 heavy (non-hydrogen) atoms. The number of ether oxygens (including phenoxy) is 1. The lowest BCUT2D eigenvalue weighted by molar-refractivity contribution is 0.141. The number of rotatable bonds is 7. The summed E-state index contributed by atoms with van der Waals surface area (Å²) in [6, 6.07) is 12.1. The van der Waals surface area contributed by atoms with Gasteiger partial charge in [0.15, 0.2) is 5.82 Å². The van der Waals surface area contributed by atoms with E-state index in [9.17, 15) is 9.59 Å². The van der Waals surface area contributed by atoms with Crippen LogP contribution in [0.3, 0.4) is 0 Å². The first kappa shape index (κ1) is 24.9. The molecule has 1 aliphatic rings. The second kappa shape index (κ2) is 11.1. The second-order valence-electron chi connectivity index (χ2n) is 8.67. The highest BCUT2D eigenvalue weighted by molar-refractivity contribution is 6.31. The van der Waals surface area contributed by atoms with Gasteiger partial charge in [-0.05, 0) is 30.3 Å². The number of hydrogen-bond acceptors (Lipinski definition) is 8. The lowest BCUT2D eigenvalue weighted by Crippen LogP contribution is -2.49. The number of carbonyl (C=O) groups excluding carboxylic acids is 1. The number of nitrogens with zero attached hydrogens (tertiary/aromatic N) is 5. The standard InChI is InChI=1S/C25H26ClN7O4/c1-36-13-8-21-30-24(37-31-21)18-14-16(26)6-7-20(18)28-25(35)33-11-9-32(10-12-33)15-22-27-19-5-3-2-4-17(19)23(34)29-22/h2-7,14H,8-13,15H2,1H3,(H,28,35)(H,27,29,34). The molecule has 0 unspecified atom stereocenters. The predicted octanol–water partition coefficient (Wildman–Crippen LogP) is 3.17. The van der Waals surface area contributed by atoms with Crippen LogP contribution in [0.2, 0.25) is 5.02 Å². The molecule has 11 nitrogen and oxygen atoms in total.